The predicted molar refractivity (Wildman–Crippen MR) is 75.9 cm³/mol. The van der Waals surface area contributed by atoms with Crippen molar-refractivity contribution in [2.75, 3.05) is 13.7 Å². The molecule has 0 spiro atoms. The fourth-order valence-corrected chi connectivity index (χ4v) is 2.57. The Morgan fingerprint density at radius 1 is 1.32 bits per heavy atom. The Morgan fingerprint density at radius 2 is 2.00 bits per heavy atom. The Balaban J connectivity index is 1.98. The first-order chi connectivity index (χ1) is 8.98. The molecule has 0 radical (unpaired) electrons. The van der Waals surface area contributed by atoms with Gasteiger partial charge in [-0.05, 0) is 37.2 Å². The van der Waals surface area contributed by atoms with Crippen LogP contribution in [0.15, 0.2) is 18.2 Å². The minimum Gasteiger partial charge on any atom is -0.497 e. The summed E-state index contributed by atoms with van der Waals surface area (Å²) in [5, 5.41) is 3.48. The molecule has 2 rings (SSSR count). The molecule has 1 aromatic rings. The SMILES string of the molecule is COc1ccc(C(C)NCC2(C(C)C)CC2)c(F)c1. The van der Waals surface area contributed by atoms with Crippen LogP contribution in [0.25, 0.3) is 0 Å². The zero-order valence-corrected chi connectivity index (χ0v) is 12.3. The third-order valence-corrected chi connectivity index (χ3v) is 4.55. The van der Waals surface area contributed by atoms with Crippen molar-refractivity contribution < 1.29 is 9.13 Å². The van der Waals surface area contributed by atoms with Gasteiger partial charge in [0.05, 0.1) is 7.11 Å². The molecule has 1 unspecified atom stereocenters. The fourth-order valence-electron chi connectivity index (χ4n) is 2.57. The number of ether oxygens (including phenoxy) is 1. The first-order valence-electron chi connectivity index (χ1n) is 7.05. The molecule has 2 nitrogen and oxygen atoms in total. The van der Waals surface area contributed by atoms with Crippen molar-refractivity contribution in [3.05, 3.63) is 29.6 Å². The van der Waals surface area contributed by atoms with Crippen LogP contribution in [-0.4, -0.2) is 13.7 Å². The van der Waals surface area contributed by atoms with Crippen molar-refractivity contribution >= 4 is 0 Å². The number of benzene rings is 1. The first-order valence-corrected chi connectivity index (χ1v) is 7.05. The molecule has 0 bridgehead atoms. The van der Waals surface area contributed by atoms with Crippen LogP contribution in [0, 0.1) is 17.2 Å². The van der Waals surface area contributed by atoms with Crippen molar-refractivity contribution in [2.45, 2.75) is 39.7 Å². The Labute approximate surface area is 115 Å². The summed E-state index contributed by atoms with van der Waals surface area (Å²) in [4.78, 5) is 0. The zero-order valence-electron chi connectivity index (χ0n) is 12.3. The molecule has 1 N–H and O–H groups in total. The van der Waals surface area contributed by atoms with Gasteiger partial charge >= 0.3 is 0 Å². The Kier molecular flexibility index (Phi) is 4.14. The molecule has 0 saturated heterocycles. The topological polar surface area (TPSA) is 21.3 Å². The molecule has 0 aromatic heterocycles. The summed E-state index contributed by atoms with van der Waals surface area (Å²) in [7, 11) is 1.55. The van der Waals surface area contributed by atoms with Crippen LogP contribution in [0.2, 0.25) is 0 Å². The highest BCUT2D eigenvalue weighted by Crippen LogP contribution is 2.51. The molecule has 0 heterocycles. The van der Waals surface area contributed by atoms with Crippen LogP contribution in [0.5, 0.6) is 5.75 Å². The van der Waals surface area contributed by atoms with E-state index >= 15 is 0 Å². The van der Waals surface area contributed by atoms with E-state index in [2.05, 4.69) is 19.2 Å². The maximum absolute atomic E-state index is 14.0. The molecule has 3 heteroatoms. The highest BCUT2D eigenvalue weighted by atomic mass is 19.1. The summed E-state index contributed by atoms with van der Waals surface area (Å²) in [6.45, 7) is 7.53. The van der Waals surface area contributed by atoms with Gasteiger partial charge in [-0.1, -0.05) is 19.9 Å². The van der Waals surface area contributed by atoms with Crippen molar-refractivity contribution in [1.82, 2.24) is 5.32 Å². The largest absolute Gasteiger partial charge is 0.497 e. The van der Waals surface area contributed by atoms with Crippen LogP contribution in [0.3, 0.4) is 0 Å². The summed E-state index contributed by atoms with van der Waals surface area (Å²) in [6.07, 6.45) is 2.57. The average molecular weight is 265 g/mol. The highest BCUT2D eigenvalue weighted by Gasteiger charge is 2.44. The maximum Gasteiger partial charge on any atom is 0.131 e. The van der Waals surface area contributed by atoms with Crippen molar-refractivity contribution in [2.24, 2.45) is 11.3 Å². The molecule has 1 aliphatic carbocycles. The third kappa shape index (κ3) is 3.08. The normalized spacial score (nSPS) is 18.4. The van der Waals surface area contributed by atoms with Gasteiger partial charge in [0.15, 0.2) is 0 Å². The average Bonchev–Trinajstić information content (AvgIpc) is 3.17. The van der Waals surface area contributed by atoms with Gasteiger partial charge in [0.2, 0.25) is 0 Å². The Morgan fingerprint density at radius 3 is 2.47 bits per heavy atom. The molecule has 1 atom stereocenters. The van der Waals surface area contributed by atoms with Crippen LogP contribution < -0.4 is 10.1 Å². The standard InChI is InChI=1S/C16H24FNO/c1-11(2)16(7-8-16)10-18-12(3)14-6-5-13(19-4)9-15(14)17/h5-6,9,11-12,18H,7-8,10H2,1-4H3. The summed E-state index contributed by atoms with van der Waals surface area (Å²) in [5.74, 6) is 1.05. The van der Waals surface area contributed by atoms with Crippen molar-refractivity contribution in [3.63, 3.8) is 0 Å². The van der Waals surface area contributed by atoms with E-state index in [1.54, 1.807) is 13.2 Å². The number of rotatable bonds is 6. The minimum absolute atomic E-state index is 0.0298. The molecular weight excluding hydrogens is 241 g/mol. The second kappa shape index (κ2) is 5.49. The smallest absolute Gasteiger partial charge is 0.131 e. The van der Waals surface area contributed by atoms with Crippen molar-refractivity contribution in [1.29, 1.82) is 0 Å². The number of methoxy groups -OCH3 is 1. The molecule has 1 aromatic carbocycles. The monoisotopic (exact) mass is 265 g/mol. The molecular formula is C16H24FNO. The lowest BCUT2D eigenvalue weighted by Gasteiger charge is -2.23. The van der Waals surface area contributed by atoms with E-state index in [4.69, 9.17) is 4.74 Å². The van der Waals surface area contributed by atoms with Gasteiger partial charge in [0, 0.05) is 24.2 Å². The van der Waals surface area contributed by atoms with Gasteiger partial charge in [-0.2, -0.15) is 0 Å². The lowest BCUT2D eigenvalue weighted by Crippen LogP contribution is -2.30. The molecule has 19 heavy (non-hydrogen) atoms. The third-order valence-electron chi connectivity index (χ3n) is 4.55. The molecule has 0 aliphatic heterocycles. The van der Waals surface area contributed by atoms with Crippen LogP contribution in [0.1, 0.15) is 45.2 Å². The summed E-state index contributed by atoms with van der Waals surface area (Å²) in [5.41, 5.74) is 1.15. The number of halogens is 1. The minimum atomic E-state index is -0.200. The molecule has 1 saturated carbocycles. The van der Waals surface area contributed by atoms with Gasteiger partial charge in [0.1, 0.15) is 11.6 Å². The maximum atomic E-state index is 14.0. The van der Waals surface area contributed by atoms with Crippen LogP contribution in [0.4, 0.5) is 4.39 Å². The van der Waals surface area contributed by atoms with E-state index in [9.17, 15) is 4.39 Å². The van der Waals surface area contributed by atoms with Crippen LogP contribution >= 0.6 is 0 Å². The van der Waals surface area contributed by atoms with Gasteiger partial charge in [-0.25, -0.2) is 4.39 Å². The number of hydrogen-bond donors (Lipinski definition) is 1. The van der Waals surface area contributed by atoms with Crippen molar-refractivity contribution in [3.8, 4) is 5.75 Å². The van der Waals surface area contributed by atoms with Gasteiger partial charge in [0.25, 0.3) is 0 Å². The Hall–Kier alpha value is -1.09. The molecule has 106 valence electrons. The lowest BCUT2D eigenvalue weighted by molar-refractivity contribution is 0.323. The highest BCUT2D eigenvalue weighted by molar-refractivity contribution is 5.30. The van der Waals surface area contributed by atoms with E-state index in [1.807, 2.05) is 13.0 Å². The van der Waals surface area contributed by atoms with E-state index in [-0.39, 0.29) is 11.9 Å². The molecule has 1 fully saturated rings. The van der Waals surface area contributed by atoms with E-state index in [0.717, 1.165) is 6.54 Å². The quantitative estimate of drug-likeness (QED) is 0.841. The van der Waals surface area contributed by atoms with E-state index in [0.29, 0.717) is 22.6 Å². The van der Waals surface area contributed by atoms with Gasteiger partial charge in [-0.3, -0.25) is 0 Å². The predicted octanol–water partition coefficient (Wildman–Crippen LogP) is 3.92. The Bertz CT molecular complexity index is 440. The zero-order chi connectivity index (χ0) is 14.0. The fraction of sp³-hybridized carbons (Fsp3) is 0.625. The van der Waals surface area contributed by atoms with E-state index in [1.165, 1.54) is 18.9 Å². The van der Waals surface area contributed by atoms with Gasteiger partial charge < -0.3 is 10.1 Å². The second-order valence-corrected chi connectivity index (χ2v) is 6.01. The summed E-state index contributed by atoms with van der Waals surface area (Å²) in [6, 6.07) is 5.09. The van der Waals surface area contributed by atoms with Crippen LogP contribution in [-0.2, 0) is 0 Å². The number of nitrogens with one attached hydrogen (secondary N) is 1. The summed E-state index contributed by atoms with van der Waals surface area (Å²) >= 11 is 0. The first kappa shape index (κ1) is 14.3. The van der Waals surface area contributed by atoms with E-state index < -0.39 is 0 Å². The molecule has 0 amide bonds. The number of hydrogen-bond acceptors (Lipinski definition) is 2. The second-order valence-electron chi connectivity index (χ2n) is 6.01. The summed E-state index contributed by atoms with van der Waals surface area (Å²) < 4.78 is 19.0. The molecule has 1 aliphatic rings. The lowest BCUT2D eigenvalue weighted by atomic mass is 9.92. The van der Waals surface area contributed by atoms with Gasteiger partial charge in [-0.15, -0.1) is 0 Å².